The van der Waals surface area contributed by atoms with Gasteiger partial charge in [0, 0.05) is 0 Å². The molecule has 0 saturated heterocycles. The van der Waals surface area contributed by atoms with E-state index in [-0.39, 0.29) is 6.01 Å². The highest BCUT2D eigenvalue weighted by molar-refractivity contribution is 5.77. The summed E-state index contributed by atoms with van der Waals surface area (Å²) in [5.41, 5.74) is 8.53. The number of nitrogens with zero attached hydrogens (tertiary/aromatic N) is 1. The van der Waals surface area contributed by atoms with E-state index >= 15 is 0 Å². The minimum absolute atomic E-state index is 0.260. The van der Waals surface area contributed by atoms with E-state index in [0.29, 0.717) is 0 Å². The van der Waals surface area contributed by atoms with Crippen molar-refractivity contribution in [1.29, 1.82) is 0 Å². The number of anilines is 1. The molecule has 0 aliphatic carbocycles. The molecule has 2 rings (SSSR count). The van der Waals surface area contributed by atoms with E-state index in [9.17, 15) is 0 Å². The zero-order chi connectivity index (χ0) is 11.4. The highest BCUT2D eigenvalue weighted by atomic mass is 16.4. The average molecular weight is 218 g/mol. The van der Waals surface area contributed by atoms with Crippen molar-refractivity contribution in [3.8, 4) is 0 Å². The Morgan fingerprint density at radius 2 is 2.12 bits per heavy atom. The van der Waals surface area contributed by atoms with Crippen molar-refractivity contribution in [2.45, 2.75) is 39.0 Å². The van der Waals surface area contributed by atoms with Crippen LogP contribution in [0.25, 0.3) is 11.1 Å². The van der Waals surface area contributed by atoms with Gasteiger partial charge in [0.15, 0.2) is 5.58 Å². The first-order valence-corrected chi connectivity index (χ1v) is 5.95. The van der Waals surface area contributed by atoms with Crippen LogP contribution in [0.2, 0.25) is 0 Å². The first-order chi connectivity index (χ1) is 7.81. The Hall–Kier alpha value is -1.51. The Morgan fingerprint density at radius 3 is 2.94 bits per heavy atom. The molecule has 3 nitrogen and oxygen atoms in total. The van der Waals surface area contributed by atoms with Gasteiger partial charge < -0.3 is 10.2 Å². The van der Waals surface area contributed by atoms with Gasteiger partial charge in [-0.25, -0.2) is 0 Å². The van der Waals surface area contributed by atoms with Gasteiger partial charge in [0.2, 0.25) is 0 Å². The quantitative estimate of drug-likeness (QED) is 0.781. The Labute approximate surface area is 95.7 Å². The van der Waals surface area contributed by atoms with Crippen LogP contribution in [0.1, 0.15) is 38.2 Å². The highest BCUT2D eigenvalue weighted by Crippen LogP contribution is 2.22. The fraction of sp³-hybridized carbons (Fsp3) is 0.462. The summed E-state index contributed by atoms with van der Waals surface area (Å²) < 4.78 is 5.30. The van der Waals surface area contributed by atoms with Crippen LogP contribution < -0.4 is 5.73 Å². The molecule has 0 amide bonds. The molecule has 0 fully saturated rings. The van der Waals surface area contributed by atoms with Crippen LogP contribution in [0.3, 0.4) is 0 Å². The predicted molar refractivity (Wildman–Crippen MR) is 66.3 cm³/mol. The summed E-state index contributed by atoms with van der Waals surface area (Å²) >= 11 is 0. The van der Waals surface area contributed by atoms with Crippen LogP contribution in [0.5, 0.6) is 0 Å². The zero-order valence-electron chi connectivity index (χ0n) is 9.70. The summed E-state index contributed by atoms with van der Waals surface area (Å²) in [6.07, 6.45) is 6.11. The Kier molecular flexibility index (Phi) is 3.44. The van der Waals surface area contributed by atoms with Crippen LogP contribution in [-0.2, 0) is 6.42 Å². The minimum atomic E-state index is 0.260. The Balaban J connectivity index is 2.11. The van der Waals surface area contributed by atoms with Crippen molar-refractivity contribution >= 4 is 17.1 Å². The minimum Gasteiger partial charge on any atom is -0.424 e. The van der Waals surface area contributed by atoms with Crippen molar-refractivity contribution in [2.24, 2.45) is 0 Å². The topological polar surface area (TPSA) is 52.0 Å². The molecule has 2 N–H and O–H groups in total. The molecule has 1 aromatic carbocycles. The third kappa shape index (κ3) is 2.35. The summed E-state index contributed by atoms with van der Waals surface area (Å²) in [5, 5.41) is 0. The summed E-state index contributed by atoms with van der Waals surface area (Å²) in [5.74, 6) is 0. The summed E-state index contributed by atoms with van der Waals surface area (Å²) in [7, 11) is 0. The number of hydrogen-bond acceptors (Lipinski definition) is 3. The van der Waals surface area contributed by atoms with Gasteiger partial charge in [-0.05, 0) is 24.5 Å². The number of unbranched alkanes of at least 4 members (excludes halogenated alkanes) is 3. The van der Waals surface area contributed by atoms with Gasteiger partial charge in [-0.1, -0.05) is 38.3 Å². The molecule has 0 aliphatic rings. The van der Waals surface area contributed by atoms with E-state index < -0.39 is 0 Å². The second kappa shape index (κ2) is 5.01. The fourth-order valence-corrected chi connectivity index (χ4v) is 1.97. The number of aromatic nitrogens is 1. The number of aryl methyl sites for hydroxylation is 1. The van der Waals surface area contributed by atoms with Gasteiger partial charge in [0.1, 0.15) is 5.52 Å². The first kappa shape index (κ1) is 11.0. The van der Waals surface area contributed by atoms with Crippen molar-refractivity contribution in [3.05, 3.63) is 23.8 Å². The summed E-state index contributed by atoms with van der Waals surface area (Å²) in [4.78, 5) is 4.22. The molecule has 0 spiro atoms. The second-order valence-electron chi connectivity index (χ2n) is 4.13. The van der Waals surface area contributed by atoms with Gasteiger partial charge >= 0.3 is 0 Å². The van der Waals surface area contributed by atoms with E-state index in [4.69, 9.17) is 10.2 Å². The molecule has 0 bridgehead atoms. The van der Waals surface area contributed by atoms with Gasteiger partial charge in [-0.15, -0.1) is 0 Å². The van der Waals surface area contributed by atoms with Crippen LogP contribution in [0.15, 0.2) is 22.6 Å². The molecule has 1 aromatic heterocycles. The maximum Gasteiger partial charge on any atom is 0.292 e. The molecule has 1 heterocycles. The lowest BCUT2D eigenvalue weighted by Gasteiger charge is -2.01. The van der Waals surface area contributed by atoms with E-state index in [1.165, 1.54) is 31.2 Å². The normalized spacial score (nSPS) is 11.1. The largest absolute Gasteiger partial charge is 0.424 e. The lowest BCUT2D eigenvalue weighted by molar-refractivity contribution is 0.626. The molecule has 2 aromatic rings. The lowest BCUT2D eigenvalue weighted by Crippen LogP contribution is -1.88. The van der Waals surface area contributed by atoms with Crippen LogP contribution in [0, 0.1) is 0 Å². The van der Waals surface area contributed by atoms with Crippen molar-refractivity contribution in [3.63, 3.8) is 0 Å². The van der Waals surface area contributed by atoms with E-state index in [2.05, 4.69) is 18.0 Å². The van der Waals surface area contributed by atoms with E-state index in [0.717, 1.165) is 17.5 Å². The van der Waals surface area contributed by atoms with Gasteiger partial charge in [-0.2, -0.15) is 4.98 Å². The Bertz CT molecular complexity index is 462. The van der Waals surface area contributed by atoms with E-state index in [1.807, 2.05) is 12.1 Å². The second-order valence-corrected chi connectivity index (χ2v) is 4.13. The fourth-order valence-electron chi connectivity index (χ4n) is 1.97. The van der Waals surface area contributed by atoms with E-state index in [1.54, 1.807) is 0 Å². The van der Waals surface area contributed by atoms with Crippen molar-refractivity contribution in [1.82, 2.24) is 4.98 Å². The molecule has 0 atom stereocenters. The third-order valence-corrected chi connectivity index (χ3v) is 2.82. The smallest absolute Gasteiger partial charge is 0.292 e. The maximum atomic E-state index is 5.56. The molecule has 0 radical (unpaired) electrons. The number of oxazole rings is 1. The number of nitrogens with two attached hydrogens (primary N) is 1. The molecular formula is C13H18N2O. The molecular weight excluding hydrogens is 200 g/mol. The highest BCUT2D eigenvalue weighted by Gasteiger charge is 2.06. The number of fused-ring (bicyclic) bond motifs is 1. The number of benzene rings is 1. The molecule has 16 heavy (non-hydrogen) atoms. The summed E-state index contributed by atoms with van der Waals surface area (Å²) in [6, 6.07) is 6.28. The molecule has 0 unspecified atom stereocenters. The van der Waals surface area contributed by atoms with Crippen LogP contribution >= 0.6 is 0 Å². The van der Waals surface area contributed by atoms with Gasteiger partial charge in [-0.3, -0.25) is 0 Å². The van der Waals surface area contributed by atoms with Crippen LogP contribution in [0.4, 0.5) is 6.01 Å². The lowest BCUT2D eigenvalue weighted by atomic mass is 10.1. The monoisotopic (exact) mass is 218 g/mol. The number of rotatable bonds is 5. The molecule has 86 valence electrons. The first-order valence-electron chi connectivity index (χ1n) is 5.95. The molecule has 0 saturated carbocycles. The maximum absolute atomic E-state index is 5.56. The zero-order valence-corrected chi connectivity index (χ0v) is 9.70. The number of para-hydroxylation sites is 1. The molecule has 3 heteroatoms. The predicted octanol–water partition coefficient (Wildman–Crippen LogP) is 3.53. The average Bonchev–Trinajstić information content (AvgIpc) is 2.65. The molecule has 0 aliphatic heterocycles. The number of hydrogen-bond donors (Lipinski definition) is 1. The SMILES string of the molecule is CCCCCCc1cccc2oc(N)nc12. The van der Waals surface area contributed by atoms with Gasteiger partial charge in [0.05, 0.1) is 0 Å². The summed E-state index contributed by atoms with van der Waals surface area (Å²) in [6.45, 7) is 2.22. The Morgan fingerprint density at radius 1 is 1.25 bits per heavy atom. The van der Waals surface area contributed by atoms with Crippen molar-refractivity contribution in [2.75, 3.05) is 5.73 Å². The van der Waals surface area contributed by atoms with Crippen LogP contribution in [-0.4, -0.2) is 4.98 Å². The third-order valence-electron chi connectivity index (χ3n) is 2.82. The van der Waals surface area contributed by atoms with Gasteiger partial charge in [0.25, 0.3) is 6.01 Å². The van der Waals surface area contributed by atoms with Crippen molar-refractivity contribution < 1.29 is 4.42 Å². The standard InChI is InChI=1S/C13H18N2O/c1-2-3-4-5-7-10-8-6-9-11-12(10)15-13(14)16-11/h6,8-9H,2-5,7H2,1H3,(H2,14,15). The number of nitrogen functional groups attached to an aromatic ring is 1.